The smallest absolute Gasteiger partial charge is 0.237 e. The van der Waals surface area contributed by atoms with E-state index in [9.17, 15) is 0 Å². The summed E-state index contributed by atoms with van der Waals surface area (Å²) in [6, 6.07) is 8.62. The van der Waals surface area contributed by atoms with Gasteiger partial charge in [0, 0.05) is 0 Å². The Kier molecular flexibility index (Phi) is 3.12. The number of hydrogen-bond donors (Lipinski definition) is 1. The molecule has 0 spiro atoms. The standard InChI is InChI=1S/C18H23N3O/c1-17(10-6-8-13-7-2-3-9-14(13)17)16-20-15(21-22-16)18(19)11-4-5-12-18/h2-3,7,9H,4-6,8,10-12,19H2,1H3. The Labute approximate surface area is 131 Å². The van der Waals surface area contributed by atoms with Crippen LogP contribution in [-0.4, -0.2) is 10.1 Å². The van der Waals surface area contributed by atoms with E-state index < -0.39 is 0 Å². The van der Waals surface area contributed by atoms with Crippen LogP contribution in [-0.2, 0) is 17.4 Å². The maximum absolute atomic E-state index is 6.48. The van der Waals surface area contributed by atoms with E-state index >= 15 is 0 Å². The van der Waals surface area contributed by atoms with Gasteiger partial charge in [-0.05, 0) is 50.2 Å². The van der Waals surface area contributed by atoms with Crippen LogP contribution in [0.25, 0.3) is 0 Å². The molecule has 4 heteroatoms. The van der Waals surface area contributed by atoms with Gasteiger partial charge in [0.2, 0.25) is 5.89 Å². The van der Waals surface area contributed by atoms with E-state index in [1.54, 1.807) is 0 Å². The molecule has 1 unspecified atom stereocenters. The summed E-state index contributed by atoms with van der Waals surface area (Å²) in [6.07, 6.45) is 7.55. The van der Waals surface area contributed by atoms with Crippen LogP contribution in [0.2, 0.25) is 0 Å². The van der Waals surface area contributed by atoms with Gasteiger partial charge in [-0.2, -0.15) is 4.98 Å². The van der Waals surface area contributed by atoms with Gasteiger partial charge in [0.15, 0.2) is 5.82 Å². The van der Waals surface area contributed by atoms with Crippen molar-refractivity contribution in [3.8, 4) is 0 Å². The Hall–Kier alpha value is -1.68. The maximum Gasteiger partial charge on any atom is 0.237 e. The molecule has 2 N–H and O–H groups in total. The molecule has 1 aromatic carbocycles. The normalized spacial score (nSPS) is 26.8. The minimum atomic E-state index is -0.383. The number of hydrogen-bond acceptors (Lipinski definition) is 4. The summed E-state index contributed by atoms with van der Waals surface area (Å²) >= 11 is 0. The highest BCUT2D eigenvalue weighted by Gasteiger charge is 2.41. The maximum atomic E-state index is 6.48. The number of aryl methyl sites for hydroxylation is 1. The molecule has 2 aliphatic carbocycles. The fourth-order valence-corrected chi connectivity index (χ4v) is 4.15. The summed E-state index contributed by atoms with van der Waals surface area (Å²) in [4.78, 5) is 4.76. The minimum Gasteiger partial charge on any atom is -0.338 e. The van der Waals surface area contributed by atoms with Crippen molar-refractivity contribution in [1.82, 2.24) is 10.1 Å². The molecule has 4 rings (SSSR count). The monoisotopic (exact) mass is 297 g/mol. The van der Waals surface area contributed by atoms with E-state index in [1.807, 2.05) is 0 Å². The van der Waals surface area contributed by atoms with Gasteiger partial charge < -0.3 is 10.3 Å². The van der Waals surface area contributed by atoms with Crippen molar-refractivity contribution in [2.45, 2.75) is 62.8 Å². The molecule has 0 saturated heterocycles. The van der Waals surface area contributed by atoms with Crippen LogP contribution in [0.15, 0.2) is 28.8 Å². The second kappa shape index (κ2) is 4.92. The van der Waals surface area contributed by atoms with E-state index in [-0.39, 0.29) is 11.0 Å². The van der Waals surface area contributed by atoms with Crippen molar-refractivity contribution in [2.75, 3.05) is 0 Å². The van der Waals surface area contributed by atoms with Crippen LogP contribution in [0.3, 0.4) is 0 Å². The van der Waals surface area contributed by atoms with Crippen molar-refractivity contribution in [3.63, 3.8) is 0 Å². The quantitative estimate of drug-likeness (QED) is 0.922. The van der Waals surface area contributed by atoms with Gasteiger partial charge in [-0.25, -0.2) is 0 Å². The average Bonchev–Trinajstić information content (AvgIpc) is 3.18. The van der Waals surface area contributed by atoms with Gasteiger partial charge in [0.1, 0.15) is 0 Å². The molecule has 1 heterocycles. The van der Waals surface area contributed by atoms with Crippen molar-refractivity contribution >= 4 is 0 Å². The fourth-order valence-electron chi connectivity index (χ4n) is 4.15. The zero-order chi connectivity index (χ0) is 15.2. The number of benzene rings is 1. The number of fused-ring (bicyclic) bond motifs is 1. The van der Waals surface area contributed by atoms with Crippen LogP contribution in [0.4, 0.5) is 0 Å². The van der Waals surface area contributed by atoms with Crippen molar-refractivity contribution in [1.29, 1.82) is 0 Å². The highest BCUT2D eigenvalue weighted by Crippen LogP contribution is 2.43. The molecule has 2 aliphatic rings. The van der Waals surface area contributed by atoms with E-state index in [1.165, 1.54) is 11.1 Å². The van der Waals surface area contributed by atoms with Crippen LogP contribution in [0.1, 0.15) is 68.3 Å². The number of nitrogens with two attached hydrogens (primary N) is 1. The lowest BCUT2D eigenvalue weighted by atomic mass is 9.71. The van der Waals surface area contributed by atoms with Crippen molar-refractivity contribution in [3.05, 3.63) is 47.1 Å². The van der Waals surface area contributed by atoms with Crippen LogP contribution >= 0.6 is 0 Å². The summed E-state index contributed by atoms with van der Waals surface area (Å²) in [7, 11) is 0. The lowest BCUT2D eigenvalue weighted by Crippen LogP contribution is -2.35. The molecule has 2 aromatic rings. The predicted molar refractivity (Wildman–Crippen MR) is 84.5 cm³/mol. The SMILES string of the molecule is CC1(c2nc(C3(N)CCCC3)no2)CCCc2ccccc21. The largest absolute Gasteiger partial charge is 0.338 e. The van der Waals surface area contributed by atoms with Gasteiger partial charge >= 0.3 is 0 Å². The highest BCUT2D eigenvalue weighted by molar-refractivity contribution is 5.40. The first kappa shape index (κ1) is 13.9. The Bertz CT molecular complexity index is 687. The second-order valence-electron chi connectivity index (χ2n) is 7.13. The zero-order valence-electron chi connectivity index (χ0n) is 13.1. The van der Waals surface area contributed by atoms with Crippen molar-refractivity contribution < 1.29 is 4.52 Å². The van der Waals surface area contributed by atoms with E-state index in [0.29, 0.717) is 5.82 Å². The lowest BCUT2D eigenvalue weighted by Gasteiger charge is -2.32. The number of aromatic nitrogens is 2. The van der Waals surface area contributed by atoms with E-state index in [0.717, 1.165) is 50.8 Å². The second-order valence-corrected chi connectivity index (χ2v) is 7.13. The Morgan fingerprint density at radius 2 is 1.86 bits per heavy atom. The van der Waals surface area contributed by atoms with Crippen molar-refractivity contribution in [2.24, 2.45) is 5.73 Å². The summed E-state index contributed by atoms with van der Waals surface area (Å²) in [6.45, 7) is 2.22. The summed E-state index contributed by atoms with van der Waals surface area (Å²) in [5, 5.41) is 4.25. The predicted octanol–water partition coefficient (Wildman–Crippen LogP) is 3.44. The Balaban J connectivity index is 1.75. The number of rotatable bonds is 2. The molecule has 1 saturated carbocycles. The third kappa shape index (κ3) is 2.01. The first-order valence-corrected chi connectivity index (χ1v) is 8.34. The van der Waals surface area contributed by atoms with E-state index in [4.69, 9.17) is 15.2 Å². The van der Waals surface area contributed by atoms with Crippen LogP contribution in [0, 0.1) is 0 Å². The van der Waals surface area contributed by atoms with E-state index in [2.05, 4.69) is 36.3 Å². The molecular weight excluding hydrogens is 274 g/mol. The topological polar surface area (TPSA) is 64.9 Å². The van der Waals surface area contributed by atoms with Gasteiger partial charge in [0.05, 0.1) is 11.0 Å². The molecular formula is C18H23N3O. The molecule has 1 atom stereocenters. The Morgan fingerprint density at radius 1 is 1.09 bits per heavy atom. The molecule has 1 aromatic heterocycles. The lowest BCUT2D eigenvalue weighted by molar-refractivity contribution is 0.292. The molecule has 0 aliphatic heterocycles. The molecule has 0 amide bonds. The fraction of sp³-hybridized carbons (Fsp3) is 0.556. The average molecular weight is 297 g/mol. The van der Waals surface area contributed by atoms with Gasteiger partial charge in [-0.15, -0.1) is 0 Å². The van der Waals surface area contributed by atoms with Crippen LogP contribution < -0.4 is 5.73 Å². The molecule has 1 fully saturated rings. The van der Waals surface area contributed by atoms with Gasteiger partial charge in [0.25, 0.3) is 0 Å². The number of nitrogens with zero attached hydrogens (tertiary/aromatic N) is 2. The molecule has 0 radical (unpaired) electrons. The third-order valence-electron chi connectivity index (χ3n) is 5.57. The summed E-state index contributed by atoms with van der Waals surface area (Å²) < 4.78 is 5.70. The highest BCUT2D eigenvalue weighted by atomic mass is 16.5. The summed E-state index contributed by atoms with van der Waals surface area (Å²) in [5.74, 6) is 1.43. The first-order valence-electron chi connectivity index (χ1n) is 8.34. The minimum absolute atomic E-state index is 0.185. The van der Waals surface area contributed by atoms with Crippen LogP contribution in [0.5, 0.6) is 0 Å². The molecule has 4 nitrogen and oxygen atoms in total. The summed E-state index contributed by atoms with van der Waals surface area (Å²) in [5.41, 5.74) is 8.64. The van der Waals surface area contributed by atoms with Gasteiger partial charge in [-0.1, -0.05) is 42.3 Å². The molecule has 0 bridgehead atoms. The third-order valence-corrected chi connectivity index (χ3v) is 5.57. The molecule has 22 heavy (non-hydrogen) atoms. The Morgan fingerprint density at radius 3 is 2.68 bits per heavy atom. The zero-order valence-corrected chi connectivity index (χ0v) is 13.1. The van der Waals surface area contributed by atoms with Gasteiger partial charge in [-0.3, -0.25) is 0 Å². The first-order chi connectivity index (χ1) is 10.6. The molecule has 116 valence electrons.